The number of sulfonamides is 1. The van der Waals surface area contributed by atoms with Crippen LogP contribution < -0.4 is 9.47 Å². The van der Waals surface area contributed by atoms with Crippen molar-refractivity contribution in [3.63, 3.8) is 0 Å². The smallest absolute Gasteiger partial charge is 0.243 e. The topological polar surface area (TPSA) is 55.8 Å². The molecular weight excluding hydrogens is 340 g/mol. The number of hydrogen-bond donors (Lipinski definition) is 0. The number of nitrogens with zero attached hydrogens (tertiary/aromatic N) is 1. The molecule has 1 aliphatic rings. The van der Waals surface area contributed by atoms with E-state index in [4.69, 9.17) is 9.47 Å². The third kappa shape index (κ3) is 3.20. The van der Waals surface area contributed by atoms with Crippen LogP contribution in [0.5, 0.6) is 11.5 Å². The molecule has 24 heavy (non-hydrogen) atoms. The van der Waals surface area contributed by atoms with Gasteiger partial charge in [0, 0.05) is 19.2 Å². The highest BCUT2D eigenvalue weighted by atomic mass is 32.2. The molecule has 2 aromatic carbocycles. The van der Waals surface area contributed by atoms with Crippen molar-refractivity contribution in [1.82, 2.24) is 4.31 Å². The number of rotatable bonds is 5. The van der Waals surface area contributed by atoms with E-state index in [9.17, 15) is 17.2 Å². The summed E-state index contributed by atoms with van der Waals surface area (Å²) < 4.78 is 63.6. The zero-order valence-electron chi connectivity index (χ0n) is 12.8. The summed E-state index contributed by atoms with van der Waals surface area (Å²) in [5, 5.41) is 0. The highest BCUT2D eigenvalue weighted by Gasteiger charge is 2.25. The van der Waals surface area contributed by atoms with Crippen LogP contribution in [0.2, 0.25) is 0 Å². The molecule has 0 saturated carbocycles. The quantitative estimate of drug-likeness (QED) is 0.828. The van der Waals surface area contributed by atoms with Gasteiger partial charge in [-0.1, -0.05) is 13.0 Å². The van der Waals surface area contributed by atoms with Crippen LogP contribution in [0.25, 0.3) is 0 Å². The first-order valence-corrected chi connectivity index (χ1v) is 8.69. The molecule has 0 bridgehead atoms. The third-order valence-corrected chi connectivity index (χ3v) is 5.52. The van der Waals surface area contributed by atoms with Gasteiger partial charge in [-0.15, -0.1) is 0 Å². The van der Waals surface area contributed by atoms with Crippen molar-refractivity contribution in [3.8, 4) is 11.5 Å². The predicted molar refractivity (Wildman–Crippen MR) is 82.2 cm³/mol. The van der Waals surface area contributed by atoms with E-state index >= 15 is 0 Å². The molecule has 0 aliphatic carbocycles. The second kappa shape index (κ2) is 6.37. The molecular formula is C16H15F2NO4S. The van der Waals surface area contributed by atoms with Crippen LogP contribution in [0.4, 0.5) is 8.78 Å². The second-order valence-corrected chi connectivity index (χ2v) is 7.16. The molecule has 0 radical (unpaired) electrons. The van der Waals surface area contributed by atoms with E-state index in [-0.39, 0.29) is 19.9 Å². The van der Waals surface area contributed by atoms with Crippen molar-refractivity contribution in [2.45, 2.75) is 18.4 Å². The lowest BCUT2D eigenvalue weighted by Crippen LogP contribution is -2.30. The minimum Gasteiger partial charge on any atom is -0.454 e. The molecule has 0 aromatic heterocycles. The molecule has 5 nitrogen and oxygen atoms in total. The van der Waals surface area contributed by atoms with Gasteiger partial charge in [0.05, 0.1) is 4.90 Å². The van der Waals surface area contributed by atoms with Gasteiger partial charge in [-0.3, -0.25) is 0 Å². The third-order valence-electron chi connectivity index (χ3n) is 3.62. The minimum atomic E-state index is -4.03. The Kier molecular flexibility index (Phi) is 4.42. The Hall–Kier alpha value is -2.19. The van der Waals surface area contributed by atoms with E-state index in [1.165, 1.54) is 0 Å². The SMILES string of the molecule is CCN(Cc1ccc2c(c1)OCO2)S(=O)(=O)c1cc(F)cc(F)c1. The normalized spacial score (nSPS) is 13.5. The maximum absolute atomic E-state index is 13.3. The summed E-state index contributed by atoms with van der Waals surface area (Å²) >= 11 is 0. The zero-order chi connectivity index (χ0) is 17.3. The number of hydrogen-bond acceptors (Lipinski definition) is 4. The van der Waals surface area contributed by atoms with Crippen molar-refractivity contribution >= 4 is 10.0 Å². The van der Waals surface area contributed by atoms with Gasteiger partial charge in [0.25, 0.3) is 0 Å². The van der Waals surface area contributed by atoms with Crippen LogP contribution >= 0.6 is 0 Å². The highest BCUT2D eigenvalue weighted by Crippen LogP contribution is 2.33. The Morgan fingerprint density at radius 2 is 1.71 bits per heavy atom. The Labute approximate surface area is 138 Å². The average Bonchev–Trinajstić information content (AvgIpc) is 2.99. The molecule has 0 saturated heterocycles. The molecule has 0 fully saturated rings. The monoisotopic (exact) mass is 355 g/mol. The van der Waals surface area contributed by atoms with E-state index in [2.05, 4.69) is 0 Å². The molecule has 0 unspecified atom stereocenters. The Morgan fingerprint density at radius 1 is 1.04 bits per heavy atom. The summed E-state index contributed by atoms with van der Waals surface area (Å²) in [5.41, 5.74) is 0.682. The fourth-order valence-electron chi connectivity index (χ4n) is 2.44. The molecule has 2 aromatic rings. The first-order valence-electron chi connectivity index (χ1n) is 7.25. The van der Waals surface area contributed by atoms with E-state index in [0.717, 1.165) is 16.4 Å². The summed E-state index contributed by atoms with van der Waals surface area (Å²) in [6.45, 7) is 1.97. The lowest BCUT2D eigenvalue weighted by Gasteiger charge is -2.21. The Morgan fingerprint density at radius 3 is 2.38 bits per heavy atom. The van der Waals surface area contributed by atoms with Crippen molar-refractivity contribution < 1.29 is 26.7 Å². The van der Waals surface area contributed by atoms with E-state index in [1.54, 1.807) is 25.1 Å². The van der Waals surface area contributed by atoms with Crippen LogP contribution in [0.1, 0.15) is 12.5 Å². The molecule has 0 spiro atoms. The van der Waals surface area contributed by atoms with E-state index in [0.29, 0.717) is 23.1 Å². The molecule has 0 N–H and O–H groups in total. The summed E-state index contributed by atoms with van der Waals surface area (Å²) in [6, 6.07) is 7.35. The van der Waals surface area contributed by atoms with Crippen LogP contribution in [-0.2, 0) is 16.6 Å². The van der Waals surface area contributed by atoms with E-state index in [1.807, 2.05) is 0 Å². The van der Waals surface area contributed by atoms with Crippen LogP contribution in [0, 0.1) is 11.6 Å². The molecule has 0 atom stereocenters. The van der Waals surface area contributed by atoms with Crippen molar-refractivity contribution in [3.05, 3.63) is 53.6 Å². The summed E-state index contributed by atoms with van der Waals surface area (Å²) in [4.78, 5) is -0.414. The average molecular weight is 355 g/mol. The minimum absolute atomic E-state index is 0.0492. The fourth-order valence-corrected chi connectivity index (χ4v) is 3.92. The number of fused-ring (bicyclic) bond motifs is 1. The maximum atomic E-state index is 13.3. The Bertz CT molecular complexity index is 850. The van der Waals surface area contributed by atoms with Crippen molar-refractivity contribution in [2.75, 3.05) is 13.3 Å². The summed E-state index contributed by atoms with van der Waals surface area (Å²) in [6.07, 6.45) is 0. The number of benzene rings is 2. The largest absolute Gasteiger partial charge is 0.454 e. The maximum Gasteiger partial charge on any atom is 0.243 e. The fraction of sp³-hybridized carbons (Fsp3) is 0.250. The van der Waals surface area contributed by atoms with Gasteiger partial charge in [0.1, 0.15) is 11.6 Å². The van der Waals surface area contributed by atoms with Gasteiger partial charge < -0.3 is 9.47 Å². The summed E-state index contributed by atoms with van der Waals surface area (Å²) in [5.74, 6) is -0.741. The zero-order valence-corrected chi connectivity index (χ0v) is 13.6. The van der Waals surface area contributed by atoms with Crippen molar-refractivity contribution in [1.29, 1.82) is 0 Å². The predicted octanol–water partition coefficient (Wildman–Crippen LogP) is 2.90. The van der Waals surface area contributed by atoms with Gasteiger partial charge in [-0.05, 0) is 29.8 Å². The van der Waals surface area contributed by atoms with Crippen molar-refractivity contribution in [2.24, 2.45) is 0 Å². The Balaban J connectivity index is 1.90. The van der Waals surface area contributed by atoms with Gasteiger partial charge >= 0.3 is 0 Å². The van der Waals surface area contributed by atoms with Crippen LogP contribution in [0.15, 0.2) is 41.3 Å². The van der Waals surface area contributed by atoms with Crippen LogP contribution in [-0.4, -0.2) is 26.1 Å². The molecule has 1 aliphatic heterocycles. The van der Waals surface area contributed by atoms with Gasteiger partial charge in [-0.25, -0.2) is 17.2 Å². The molecule has 1 heterocycles. The van der Waals surface area contributed by atoms with Gasteiger partial charge in [-0.2, -0.15) is 4.31 Å². The molecule has 128 valence electrons. The molecule has 0 amide bonds. The number of ether oxygens (including phenoxy) is 2. The first-order chi connectivity index (χ1) is 11.4. The van der Waals surface area contributed by atoms with Gasteiger partial charge in [0.15, 0.2) is 11.5 Å². The van der Waals surface area contributed by atoms with Gasteiger partial charge in [0.2, 0.25) is 16.8 Å². The first kappa shape index (κ1) is 16.7. The standard InChI is InChI=1S/C16H15F2NO4S/c1-2-19(9-11-3-4-15-16(5-11)23-10-22-15)24(20,21)14-7-12(17)6-13(18)8-14/h3-8H,2,9-10H2,1H3. The highest BCUT2D eigenvalue weighted by molar-refractivity contribution is 7.89. The second-order valence-electron chi connectivity index (χ2n) is 5.22. The lowest BCUT2D eigenvalue weighted by atomic mass is 10.2. The number of halogens is 2. The lowest BCUT2D eigenvalue weighted by molar-refractivity contribution is 0.174. The molecule has 8 heteroatoms. The molecule has 3 rings (SSSR count). The van der Waals surface area contributed by atoms with E-state index < -0.39 is 26.6 Å². The van der Waals surface area contributed by atoms with Crippen LogP contribution in [0.3, 0.4) is 0 Å². The summed E-state index contributed by atoms with van der Waals surface area (Å²) in [7, 11) is -4.03.